The number of nitrogens with one attached hydrogen (secondary N) is 1. The number of anilines is 1. The van der Waals surface area contributed by atoms with Crippen LogP contribution in [0.5, 0.6) is 0 Å². The molecule has 0 spiro atoms. The molecule has 0 fully saturated rings. The van der Waals surface area contributed by atoms with Crippen molar-refractivity contribution < 1.29 is 19.1 Å². The second-order valence-electron chi connectivity index (χ2n) is 5.72. The molecular formula is C20H21NO4. The number of ketones is 1. The lowest BCUT2D eigenvalue weighted by molar-refractivity contribution is -0.123. The van der Waals surface area contributed by atoms with Gasteiger partial charge in [-0.3, -0.25) is 9.59 Å². The number of amides is 1. The van der Waals surface area contributed by atoms with Crippen molar-refractivity contribution in [3.63, 3.8) is 0 Å². The fourth-order valence-electron chi connectivity index (χ4n) is 2.19. The van der Waals surface area contributed by atoms with Crippen LogP contribution in [0.1, 0.15) is 47.1 Å². The fraction of sp³-hybridized carbons (Fsp3) is 0.250. The largest absolute Gasteiger partial charge is 0.449 e. The van der Waals surface area contributed by atoms with Crippen molar-refractivity contribution in [1.82, 2.24) is 0 Å². The van der Waals surface area contributed by atoms with E-state index in [0.29, 0.717) is 16.8 Å². The smallest absolute Gasteiger partial charge is 0.338 e. The number of aryl methyl sites for hydroxylation is 1. The van der Waals surface area contributed by atoms with Gasteiger partial charge in [-0.25, -0.2) is 4.79 Å². The lowest BCUT2D eigenvalue weighted by atomic mass is 10.1. The van der Waals surface area contributed by atoms with E-state index in [-0.39, 0.29) is 5.78 Å². The standard InChI is InChI=1S/C20H21NO4/c1-4-15-5-7-17(8-6-15)20(24)25-14(3)19(23)21-18-11-9-16(10-12-18)13(2)22/h5-12,14H,4H2,1-3H3,(H,21,23)/t14-/m0/s1. The maximum atomic E-state index is 12.1. The number of esters is 1. The lowest BCUT2D eigenvalue weighted by Crippen LogP contribution is -2.30. The van der Waals surface area contributed by atoms with Crippen molar-refractivity contribution in [2.45, 2.75) is 33.3 Å². The van der Waals surface area contributed by atoms with Crippen molar-refractivity contribution in [2.75, 3.05) is 5.32 Å². The molecule has 5 heteroatoms. The van der Waals surface area contributed by atoms with Crippen molar-refractivity contribution in [1.29, 1.82) is 0 Å². The van der Waals surface area contributed by atoms with E-state index in [1.54, 1.807) is 36.4 Å². The molecule has 25 heavy (non-hydrogen) atoms. The molecule has 0 aromatic heterocycles. The summed E-state index contributed by atoms with van der Waals surface area (Å²) in [7, 11) is 0. The first-order valence-electron chi connectivity index (χ1n) is 8.12. The first-order valence-corrected chi connectivity index (χ1v) is 8.12. The highest BCUT2D eigenvalue weighted by atomic mass is 16.5. The molecule has 2 aromatic carbocycles. The van der Waals surface area contributed by atoms with Gasteiger partial charge >= 0.3 is 5.97 Å². The van der Waals surface area contributed by atoms with Crippen molar-refractivity contribution in [3.05, 3.63) is 65.2 Å². The average molecular weight is 339 g/mol. The second kappa shape index (κ2) is 8.24. The number of ether oxygens (including phenoxy) is 1. The van der Waals surface area contributed by atoms with E-state index < -0.39 is 18.0 Å². The monoisotopic (exact) mass is 339 g/mol. The van der Waals surface area contributed by atoms with E-state index in [9.17, 15) is 14.4 Å². The van der Waals surface area contributed by atoms with Gasteiger partial charge in [0.15, 0.2) is 11.9 Å². The van der Waals surface area contributed by atoms with E-state index in [1.165, 1.54) is 13.8 Å². The zero-order valence-electron chi connectivity index (χ0n) is 14.5. The molecule has 2 rings (SSSR count). The number of Topliss-reactive ketones (excluding diaryl/α,β-unsaturated/α-hetero) is 1. The molecule has 0 aliphatic heterocycles. The van der Waals surface area contributed by atoms with E-state index in [2.05, 4.69) is 5.32 Å². The number of carbonyl (C=O) groups excluding carboxylic acids is 3. The third kappa shape index (κ3) is 5.01. The fourth-order valence-corrected chi connectivity index (χ4v) is 2.19. The second-order valence-corrected chi connectivity index (χ2v) is 5.72. The average Bonchev–Trinajstić information content (AvgIpc) is 2.62. The number of hydrogen-bond donors (Lipinski definition) is 1. The minimum atomic E-state index is -0.939. The first-order chi connectivity index (χ1) is 11.9. The lowest BCUT2D eigenvalue weighted by Gasteiger charge is -2.14. The Hall–Kier alpha value is -2.95. The third-order valence-electron chi connectivity index (χ3n) is 3.81. The molecule has 0 aliphatic rings. The molecule has 0 bridgehead atoms. The molecule has 5 nitrogen and oxygen atoms in total. The quantitative estimate of drug-likeness (QED) is 0.644. The van der Waals surface area contributed by atoms with Gasteiger partial charge in [-0.2, -0.15) is 0 Å². The molecule has 0 unspecified atom stereocenters. The summed E-state index contributed by atoms with van der Waals surface area (Å²) >= 11 is 0. The highest BCUT2D eigenvalue weighted by Crippen LogP contribution is 2.12. The summed E-state index contributed by atoms with van der Waals surface area (Å²) in [4.78, 5) is 35.5. The van der Waals surface area contributed by atoms with Crippen LogP contribution >= 0.6 is 0 Å². The van der Waals surface area contributed by atoms with Crippen LogP contribution in [0, 0.1) is 0 Å². The topological polar surface area (TPSA) is 72.5 Å². The van der Waals surface area contributed by atoms with Gasteiger partial charge in [0.25, 0.3) is 5.91 Å². The minimum absolute atomic E-state index is 0.0470. The van der Waals surface area contributed by atoms with Crippen LogP contribution in [0.4, 0.5) is 5.69 Å². The van der Waals surface area contributed by atoms with Crippen LogP contribution in [0.2, 0.25) is 0 Å². The zero-order valence-corrected chi connectivity index (χ0v) is 14.5. The predicted octanol–water partition coefficient (Wildman–Crippen LogP) is 3.64. The summed E-state index contributed by atoms with van der Waals surface area (Å²) in [6, 6.07) is 13.6. The Bertz CT molecular complexity index is 763. The molecule has 0 saturated carbocycles. The molecule has 130 valence electrons. The Kier molecular flexibility index (Phi) is 6.06. The summed E-state index contributed by atoms with van der Waals surface area (Å²) in [5.74, 6) is -1.03. The van der Waals surface area contributed by atoms with Gasteiger partial charge in [-0.1, -0.05) is 19.1 Å². The predicted molar refractivity (Wildman–Crippen MR) is 95.8 cm³/mol. The highest BCUT2D eigenvalue weighted by molar-refractivity contribution is 5.98. The molecule has 1 N–H and O–H groups in total. The Balaban J connectivity index is 1.94. The summed E-state index contributed by atoms with van der Waals surface area (Å²) in [5, 5.41) is 2.66. The molecule has 0 radical (unpaired) electrons. The Morgan fingerprint density at radius 3 is 2.04 bits per heavy atom. The van der Waals surface area contributed by atoms with Crippen LogP contribution in [-0.4, -0.2) is 23.8 Å². The Morgan fingerprint density at radius 1 is 0.960 bits per heavy atom. The molecule has 1 atom stereocenters. The van der Waals surface area contributed by atoms with Crippen LogP contribution in [0.15, 0.2) is 48.5 Å². The van der Waals surface area contributed by atoms with E-state index in [4.69, 9.17) is 4.74 Å². The summed E-state index contributed by atoms with van der Waals surface area (Å²) in [5.41, 5.74) is 2.62. The van der Waals surface area contributed by atoms with Crippen LogP contribution in [0.3, 0.4) is 0 Å². The van der Waals surface area contributed by atoms with E-state index in [0.717, 1.165) is 12.0 Å². The van der Waals surface area contributed by atoms with Gasteiger partial charge in [0.2, 0.25) is 0 Å². The Morgan fingerprint density at radius 2 is 1.52 bits per heavy atom. The van der Waals surface area contributed by atoms with Gasteiger partial charge in [0, 0.05) is 11.3 Å². The van der Waals surface area contributed by atoms with E-state index >= 15 is 0 Å². The van der Waals surface area contributed by atoms with E-state index in [1.807, 2.05) is 19.1 Å². The van der Waals surface area contributed by atoms with Crippen LogP contribution in [-0.2, 0) is 16.0 Å². The molecule has 1 amide bonds. The number of hydrogen-bond acceptors (Lipinski definition) is 4. The minimum Gasteiger partial charge on any atom is -0.449 e. The van der Waals surface area contributed by atoms with Gasteiger partial charge < -0.3 is 10.1 Å². The zero-order chi connectivity index (χ0) is 18.4. The van der Waals surface area contributed by atoms with Gasteiger partial charge in [0.05, 0.1) is 5.56 Å². The maximum absolute atomic E-state index is 12.1. The number of carbonyl (C=O) groups is 3. The molecule has 0 saturated heterocycles. The Labute approximate surface area is 147 Å². The van der Waals surface area contributed by atoms with Gasteiger partial charge in [-0.05, 0) is 62.2 Å². The SMILES string of the molecule is CCc1ccc(C(=O)O[C@@H](C)C(=O)Nc2ccc(C(C)=O)cc2)cc1. The summed E-state index contributed by atoms with van der Waals surface area (Å²) < 4.78 is 5.20. The van der Waals surface area contributed by atoms with Crippen molar-refractivity contribution in [2.24, 2.45) is 0 Å². The van der Waals surface area contributed by atoms with Gasteiger partial charge in [-0.15, -0.1) is 0 Å². The number of benzene rings is 2. The third-order valence-corrected chi connectivity index (χ3v) is 3.81. The maximum Gasteiger partial charge on any atom is 0.338 e. The van der Waals surface area contributed by atoms with Crippen LogP contribution in [0.25, 0.3) is 0 Å². The molecule has 0 heterocycles. The highest BCUT2D eigenvalue weighted by Gasteiger charge is 2.19. The van der Waals surface area contributed by atoms with Crippen molar-refractivity contribution >= 4 is 23.3 Å². The van der Waals surface area contributed by atoms with Crippen LogP contribution < -0.4 is 5.32 Å². The first kappa shape index (κ1) is 18.4. The summed E-state index contributed by atoms with van der Waals surface area (Å²) in [6.45, 7) is 5.02. The number of rotatable bonds is 6. The molecule has 2 aromatic rings. The summed E-state index contributed by atoms with van der Waals surface area (Å²) in [6.07, 6.45) is -0.0536. The molecular weight excluding hydrogens is 318 g/mol. The van der Waals surface area contributed by atoms with Gasteiger partial charge in [0.1, 0.15) is 0 Å². The molecule has 0 aliphatic carbocycles. The normalized spacial score (nSPS) is 11.5. The van der Waals surface area contributed by atoms with Crippen molar-refractivity contribution in [3.8, 4) is 0 Å².